The highest BCUT2D eigenvalue weighted by molar-refractivity contribution is 4.82. The van der Waals surface area contributed by atoms with Crippen LogP contribution in [0.4, 0.5) is 0 Å². The third kappa shape index (κ3) is 1.68. The number of hydrogen-bond donors (Lipinski definition) is 0. The van der Waals surface area contributed by atoms with Gasteiger partial charge in [-0.25, -0.2) is 0 Å². The molecule has 1 heteroatoms. The maximum Gasteiger partial charge on any atom is 0.0574 e. The topological polar surface area (TPSA) is 9.23 Å². The van der Waals surface area contributed by atoms with Crippen molar-refractivity contribution in [2.45, 2.75) is 32.3 Å². The van der Waals surface area contributed by atoms with E-state index in [1.165, 1.54) is 19.3 Å². The highest BCUT2D eigenvalue weighted by Crippen LogP contribution is 2.28. The predicted molar refractivity (Wildman–Crippen MR) is 38.1 cm³/mol. The van der Waals surface area contributed by atoms with Crippen LogP contribution < -0.4 is 0 Å². The first-order valence-corrected chi connectivity index (χ1v) is 3.69. The number of hydrogen-bond acceptors (Lipinski definition) is 1. The molecule has 0 aromatic carbocycles. The Hall–Kier alpha value is -0.0400. The summed E-state index contributed by atoms with van der Waals surface area (Å²) in [6.07, 6.45) is 6.66. The minimum atomic E-state index is 0.547. The van der Waals surface area contributed by atoms with Crippen LogP contribution in [0.15, 0.2) is 0 Å². The molecule has 0 bridgehead atoms. The Balaban J connectivity index is 2.20. The zero-order chi connectivity index (χ0) is 6.69. The average molecular weight is 127 g/mol. The Labute approximate surface area is 57.4 Å². The van der Waals surface area contributed by atoms with Crippen molar-refractivity contribution in [3.05, 3.63) is 6.42 Å². The highest BCUT2D eigenvalue weighted by atomic mass is 16.5. The molecule has 1 aliphatic rings. The van der Waals surface area contributed by atoms with Gasteiger partial charge in [-0.3, -0.25) is 0 Å². The van der Waals surface area contributed by atoms with Crippen molar-refractivity contribution in [3.63, 3.8) is 0 Å². The van der Waals surface area contributed by atoms with Gasteiger partial charge in [0, 0.05) is 7.11 Å². The molecule has 9 heavy (non-hydrogen) atoms. The Kier molecular flexibility index (Phi) is 2.52. The van der Waals surface area contributed by atoms with E-state index in [2.05, 4.69) is 13.3 Å². The Morgan fingerprint density at radius 2 is 2.22 bits per heavy atom. The van der Waals surface area contributed by atoms with Crippen molar-refractivity contribution in [1.29, 1.82) is 0 Å². The minimum Gasteiger partial charge on any atom is -0.381 e. The van der Waals surface area contributed by atoms with E-state index in [9.17, 15) is 0 Å². The van der Waals surface area contributed by atoms with Crippen LogP contribution >= 0.6 is 0 Å². The summed E-state index contributed by atoms with van der Waals surface area (Å²) >= 11 is 0. The summed E-state index contributed by atoms with van der Waals surface area (Å²) < 4.78 is 5.22. The molecule has 0 amide bonds. The molecule has 0 saturated heterocycles. The molecule has 2 atom stereocenters. The molecule has 0 aromatic rings. The molecule has 2 unspecified atom stereocenters. The fourth-order valence-electron chi connectivity index (χ4n) is 1.49. The molecule has 1 nitrogen and oxygen atoms in total. The Morgan fingerprint density at radius 3 is 2.56 bits per heavy atom. The second kappa shape index (κ2) is 3.21. The largest absolute Gasteiger partial charge is 0.381 e. The van der Waals surface area contributed by atoms with Crippen LogP contribution in [0.2, 0.25) is 0 Å². The van der Waals surface area contributed by atoms with Gasteiger partial charge in [0.1, 0.15) is 0 Å². The fraction of sp³-hybridized carbons (Fsp3) is 0.875. The molecular formula is C8H15O. The Bertz CT molecular complexity index is 70.6. The van der Waals surface area contributed by atoms with Gasteiger partial charge in [0.15, 0.2) is 0 Å². The van der Waals surface area contributed by atoms with E-state index in [0.29, 0.717) is 6.10 Å². The molecule has 53 valence electrons. The van der Waals surface area contributed by atoms with Crippen molar-refractivity contribution in [3.8, 4) is 0 Å². The van der Waals surface area contributed by atoms with E-state index in [-0.39, 0.29) is 0 Å². The molecule has 0 heterocycles. The monoisotopic (exact) mass is 127 g/mol. The van der Waals surface area contributed by atoms with Crippen LogP contribution in [-0.4, -0.2) is 13.2 Å². The smallest absolute Gasteiger partial charge is 0.0574 e. The van der Waals surface area contributed by atoms with Crippen LogP contribution in [-0.2, 0) is 4.74 Å². The highest BCUT2D eigenvalue weighted by Gasteiger charge is 2.22. The van der Waals surface area contributed by atoms with E-state index < -0.39 is 0 Å². The van der Waals surface area contributed by atoms with Crippen LogP contribution in [0, 0.1) is 12.3 Å². The van der Waals surface area contributed by atoms with Crippen LogP contribution in [0.3, 0.4) is 0 Å². The van der Waals surface area contributed by atoms with Gasteiger partial charge in [0.05, 0.1) is 6.10 Å². The van der Waals surface area contributed by atoms with Crippen molar-refractivity contribution in [2.24, 2.45) is 5.92 Å². The zero-order valence-corrected chi connectivity index (χ0v) is 6.26. The lowest BCUT2D eigenvalue weighted by Gasteiger charge is -2.06. The van der Waals surface area contributed by atoms with E-state index in [4.69, 9.17) is 4.74 Å². The van der Waals surface area contributed by atoms with Crippen molar-refractivity contribution >= 4 is 0 Å². The van der Waals surface area contributed by atoms with E-state index in [0.717, 1.165) is 5.92 Å². The van der Waals surface area contributed by atoms with Crippen molar-refractivity contribution < 1.29 is 4.74 Å². The predicted octanol–water partition coefficient (Wildman–Crippen LogP) is 2.03. The number of ether oxygens (including phenoxy) is 1. The lowest BCUT2D eigenvalue weighted by molar-refractivity contribution is 0.106. The minimum absolute atomic E-state index is 0.547. The Morgan fingerprint density at radius 1 is 1.44 bits per heavy atom. The summed E-state index contributed by atoms with van der Waals surface area (Å²) in [7, 11) is 1.81. The molecule has 0 spiro atoms. The molecule has 1 saturated carbocycles. The molecule has 1 fully saturated rings. The summed E-state index contributed by atoms with van der Waals surface area (Å²) in [5.74, 6) is 0.829. The fourth-order valence-corrected chi connectivity index (χ4v) is 1.49. The van der Waals surface area contributed by atoms with Crippen LogP contribution in [0.5, 0.6) is 0 Å². The van der Waals surface area contributed by atoms with Gasteiger partial charge < -0.3 is 4.74 Å². The van der Waals surface area contributed by atoms with Gasteiger partial charge >= 0.3 is 0 Å². The first kappa shape index (κ1) is 7.07. The second-order valence-corrected chi connectivity index (χ2v) is 2.76. The maximum absolute atomic E-state index is 5.22. The summed E-state index contributed by atoms with van der Waals surface area (Å²) in [5.41, 5.74) is 0. The number of rotatable bonds is 2. The molecule has 0 aromatic heterocycles. The molecule has 0 aliphatic heterocycles. The van der Waals surface area contributed by atoms with Crippen molar-refractivity contribution in [2.75, 3.05) is 7.11 Å². The number of methoxy groups -OCH3 is 1. The van der Waals surface area contributed by atoms with Gasteiger partial charge in [-0.05, 0) is 31.6 Å². The van der Waals surface area contributed by atoms with Crippen LogP contribution in [0.1, 0.15) is 26.2 Å². The SMILES string of the molecule is C[CH]C1CCC(OC)C1. The zero-order valence-electron chi connectivity index (χ0n) is 6.26. The first-order chi connectivity index (χ1) is 4.36. The van der Waals surface area contributed by atoms with Gasteiger partial charge in [-0.2, -0.15) is 0 Å². The summed E-state index contributed by atoms with van der Waals surface area (Å²) in [4.78, 5) is 0. The van der Waals surface area contributed by atoms with E-state index in [1.54, 1.807) is 0 Å². The van der Waals surface area contributed by atoms with E-state index >= 15 is 0 Å². The molecule has 0 N–H and O–H groups in total. The lowest BCUT2D eigenvalue weighted by Crippen LogP contribution is -2.04. The van der Waals surface area contributed by atoms with Gasteiger partial charge in [0.25, 0.3) is 0 Å². The normalized spacial score (nSPS) is 35.3. The molecular weight excluding hydrogens is 112 g/mol. The van der Waals surface area contributed by atoms with E-state index in [1.807, 2.05) is 7.11 Å². The second-order valence-electron chi connectivity index (χ2n) is 2.76. The summed E-state index contributed by atoms with van der Waals surface area (Å²) in [6, 6.07) is 0. The quantitative estimate of drug-likeness (QED) is 0.551. The first-order valence-electron chi connectivity index (χ1n) is 3.69. The van der Waals surface area contributed by atoms with Gasteiger partial charge in [0.2, 0.25) is 0 Å². The third-order valence-electron chi connectivity index (χ3n) is 2.23. The average Bonchev–Trinajstić information content (AvgIpc) is 2.34. The van der Waals surface area contributed by atoms with Gasteiger partial charge in [-0.15, -0.1) is 0 Å². The summed E-state index contributed by atoms with van der Waals surface area (Å²) in [5, 5.41) is 0. The molecule has 1 rings (SSSR count). The molecule has 1 radical (unpaired) electrons. The lowest BCUT2D eigenvalue weighted by atomic mass is 10.1. The van der Waals surface area contributed by atoms with Gasteiger partial charge in [-0.1, -0.05) is 6.92 Å². The third-order valence-corrected chi connectivity index (χ3v) is 2.23. The van der Waals surface area contributed by atoms with Crippen LogP contribution in [0.25, 0.3) is 0 Å². The molecule has 1 aliphatic carbocycles. The van der Waals surface area contributed by atoms with Crippen molar-refractivity contribution in [1.82, 2.24) is 0 Å². The maximum atomic E-state index is 5.22. The summed E-state index contributed by atoms with van der Waals surface area (Å²) in [6.45, 7) is 2.14. The standard InChI is InChI=1S/C8H15O/c1-3-7-4-5-8(6-7)9-2/h3,7-8H,4-6H2,1-2H3.